The Morgan fingerprint density at radius 2 is 2.11 bits per heavy atom. The SMILES string of the molecule is CN1CCN(c2ccc([N+](=O)[O-])cc2N)CC1=O. The van der Waals surface area contributed by atoms with Crippen LogP contribution in [0.25, 0.3) is 0 Å². The van der Waals surface area contributed by atoms with Crippen LogP contribution in [0.3, 0.4) is 0 Å². The van der Waals surface area contributed by atoms with Crippen LogP contribution in [-0.4, -0.2) is 42.4 Å². The van der Waals surface area contributed by atoms with E-state index in [4.69, 9.17) is 5.73 Å². The number of rotatable bonds is 2. The molecule has 1 aromatic rings. The van der Waals surface area contributed by atoms with Crippen LogP contribution in [0.2, 0.25) is 0 Å². The van der Waals surface area contributed by atoms with E-state index in [1.807, 2.05) is 4.90 Å². The number of anilines is 2. The molecule has 2 rings (SSSR count). The Morgan fingerprint density at radius 3 is 2.67 bits per heavy atom. The minimum Gasteiger partial charge on any atom is -0.397 e. The molecule has 0 spiro atoms. The smallest absolute Gasteiger partial charge is 0.271 e. The van der Waals surface area contributed by atoms with E-state index in [1.54, 1.807) is 18.0 Å². The van der Waals surface area contributed by atoms with Crippen molar-refractivity contribution in [2.24, 2.45) is 0 Å². The third-order valence-corrected chi connectivity index (χ3v) is 3.02. The fourth-order valence-electron chi connectivity index (χ4n) is 1.91. The zero-order chi connectivity index (χ0) is 13.3. The Labute approximate surface area is 104 Å². The van der Waals surface area contributed by atoms with Crippen molar-refractivity contribution in [3.63, 3.8) is 0 Å². The summed E-state index contributed by atoms with van der Waals surface area (Å²) in [5.41, 5.74) is 6.74. The first-order valence-corrected chi connectivity index (χ1v) is 5.52. The quantitative estimate of drug-likeness (QED) is 0.467. The fraction of sp³-hybridized carbons (Fsp3) is 0.364. The van der Waals surface area contributed by atoms with Crippen molar-refractivity contribution in [1.29, 1.82) is 0 Å². The normalized spacial score (nSPS) is 15.9. The van der Waals surface area contributed by atoms with E-state index < -0.39 is 4.92 Å². The number of nitrogens with zero attached hydrogens (tertiary/aromatic N) is 3. The number of nitrogen functional groups attached to an aromatic ring is 1. The van der Waals surface area contributed by atoms with E-state index in [2.05, 4.69) is 0 Å². The van der Waals surface area contributed by atoms with Gasteiger partial charge in [0, 0.05) is 32.3 Å². The third-order valence-electron chi connectivity index (χ3n) is 3.02. The molecule has 1 saturated heterocycles. The Balaban J connectivity index is 2.24. The molecule has 1 aromatic carbocycles. The van der Waals surface area contributed by atoms with Gasteiger partial charge in [-0.05, 0) is 6.07 Å². The highest BCUT2D eigenvalue weighted by Crippen LogP contribution is 2.28. The first-order valence-electron chi connectivity index (χ1n) is 5.52. The number of amides is 1. The van der Waals surface area contributed by atoms with Crippen LogP contribution in [0.1, 0.15) is 0 Å². The molecule has 7 nitrogen and oxygen atoms in total. The largest absolute Gasteiger partial charge is 0.397 e. The molecule has 96 valence electrons. The minimum atomic E-state index is -0.491. The van der Waals surface area contributed by atoms with Crippen molar-refractivity contribution in [3.8, 4) is 0 Å². The second-order valence-corrected chi connectivity index (χ2v) is 4.24. The van der Waals surface area contributed by atoms with E-state index in [9.17, 15) is 14.9 Å². The van der Waals surface area contributed by atoms with Gasteiger partial charge in [0.2, 0.25) is 5.91 Å². The molecule has 0 aliphatic carbocycles. The van der Waals surface area contributed by atoms with Crippen LogP contribution >= 0.6 is 0 Å². The summed E-state index contributed by atoms with van der Waals surface area (Å²) in [7, 11) is 1.75. The molecule has 0 saturated carbocycles. The maximum Gasteiger partial charge on any atom is 0.271 e. The van der Waals surface area contributed by atoms with Crippen LogP contribution in [0, 0.1) is 10.1 Å². The van der Waals surface area contributed by atoms with Crippen molar-refractivity contribution < 1.29 is 9.72 Å². The van der Waals surface area contributed by atoms with Crippen molar-refractivity contribution in [2.75, 3.05) is 37.3 Å². The Bertz CT molecular complexity index is 503. The molecule has 0 bridgehead atoms. The maximum atomic E-state index is 11.6. The lowest BCUT2D eigenvalue weighted by atomic mass is 10.2. The summed E-state index contributed by atoms with van der Waals surface area (Å²) >= 11 is 0. The predicted molar refractivity (Wildman–Crippen MR) is 67.4 cm³/mol. The summed E-state index contributed by atoms with van der Waals surface area (Å²) in [5, 5.41) is 10.6. The molecule has 18 heavy (non-hydrogen) atoms. The minimum absolute atomic E-state index is 0.0130. The van der Waals surface area contributed by atoms with Gasteiger partial charge in [0.25, 0.3) is 5.69 Å². The number of hydrogen-bond donors (Lipinski definition) is 1. The van der Waals surface area contributed by atoms with Crippen molar-refractivity contribution >= 4 is 23.0 Å². The highest BCUT2D eigenvalue weighted by atomic mass is 16.6. The van der Waals surface area contributed by atoms with Gasteiger partial charge in [-0.1, -0.05) is 0 Å². The highest BCUT2D eigenvalue weighted by molar-refractivity contribution is 5.84. The molecular formula is C11H14N4O3. The lowest BCUT2D eigenvalue weighted by Crippen LogP contribution is -2.48. The van der Waals surface area contributed by atoms with E-state index in [1.165, 1.54) is 12.1 Å². The molecular weight excluding hydrogens is 236 g/mol. The van der Waals surface area contributed by atoms with Crippen LogP contribution < -0.4 is 10.6 Å². The summed E-state index contributed by atoms with van der Waals surface area (Å²) in [5.74, 6) is 0.0130. The summed E-state index contributed by atoms with van der Waals surface area (Å²) < 4.78 is 0. The van der Waals surface area contributed by atoms with Crippen molar-refractivity contribution in [3.05, 3.63) is 28.3 Å². The number of benzene rings is 1. The van der Waals surface area contributed by atoms with Gasteiger partial charge in [0.15, 0.2) is 0 Å². The highest BCUT2D eigenvalue weighted by Gasteiger charge is 2.23. The maximum absolute atomic E-state index is 11.6. The molecule has 2 N–H and O–H groups in total. The van der Waals surface area contributed by atoms with E-state index in [0.717, 1.165) is 0 Å². The molecule has 7 heteroatoms. The molecule has 1 heterocycles. The molecule has 0 unspecified atom stereocenters. The lowest BCUT2D eigenvalue weighted by Gasteiger charge is -2.34. The number of carbonyl (C=O) groups is 1. The van der Waals surface area contributed by atoms with Gasteiger partial charge in [-0.3, -0.25) is 14.9 Å². The van der Waals surface area contributed by atoms with E-state index in [0.29, 0.717) is 24.5 Å². The molecule has 1 aliphatic heterocycles. The number of likely N-dealkylation sites (N-methyl/N-ethyl adjacent to an activating group) is 1. The number of non-ortho nitro benzene ring substituents is 1. The summed E-state index contributed by atoms with van der Waals surface area (Å²) in [6.45, 7) is 1.54. The molecule has 0 aromatic heterocycles. The molecule has 1 aliphatic rings. The molecule has 1 fully saturated rings. The fourth-order valence-corrected chi connectivity index (χ4v) is 1.91. The topological polar surface area (TPSA) is 92.7 Å². The lowest BCUT2D eigenvalue weighted by molar-refractivity contribution is -0.384. The average Bonchev–Trinajstić information content (AvgIpc) is 2.32. The summed E-state index contributed by atoms with van der Waals surface area (Å²) in [6, 6.07) is 4.30. The van der Waals surface area contributed by atoms with Gasteiger partial charge in [-0.2, -0.15) is 0 Å². The van der Waals surface area contributed by atoms with E-state index in [-0.39, 0.29) is 18.1 Å². The van der Waals surface area contributed by atoms with Gasteiger partial charge < -0.3 is 15.5 Å². The molecule has 0 radical (unpaired) electrons. The van der Waals surface area contributed by atoms with Crippen molar-refractivity contribution in [2.45, 2.75) is 0 Å². The molecule has 1 amide bonds. The monoisotopic (exact) mass is 250 g/mol. The molecule has 0 atom stereocenters. The van der Waals surface area contributed by atoms with Crippen LogP contribution in [-0.2, 0) is 4.79 Å². The zero-order valence-electron chi connectivity index (χ0n) is 10.00. The first-order chi connectivity index (χ1) is 8.49. The van der Waals surface area contributed by atoms with Gasteiger partial charge in [-0.15, -0.1) is 0 Å². The van der Waals surface area contributed by atoms with Gasteiger partial charge in [-0.25, -0.2) is 0 Å². The van der Waals surface area contributed by atoms with Gasteiger partial charge in [0.05, 0.1) is 22.8 Å². The third kappa shape index (κ3) is 2.20. The number of carbonyl (C=O) groups excluding carboxylic acids is 1. The predicted octanol–water partition coefficient (Wildman–Crippen LogP) is 0.455. The second kappa shape index (κ2) is 4.52. The van der Waals surface area contributed by atoms with Gasteiger partial charge in [0.1, 0.15) is 0 Å². The van der Waals surface area contributed by atoms with Crippen LogP contribution in [0.15, 0.2) is 18.2 Å². The summed E-state index contributed by atoms with van der Waals surface area (Å²) in [6.07, 6.45) is 0. The number of nitrogens with two attached hydrogens (primary N) is 1. The number of nitro groups is 1. The number of hydrogen-bond acceptors (Lipinski definition) is 5. The Kier molecular flexibility index (Phi) is 3.05. The number of piperazine rings is 1. The Morgan fingerprint density at radius 1 is 1.39 bits per heavy atom. The van der Waals surface area contributed by atoms with Crippen LogP contribution in [0.4, 0.5) is 17.1 Å². The average molecular weight is 250 g/mol. The Hall–Kier alpha value is -2.31. The first kappa shape index (κ1) is 12.2. The second-order valence-electron chi connectivity index (χ2n) is 4.24. The summed E-state index contributed by atoms with van der Waals surface area (Å²) in [4.78, 5) is 25.2. The van der Waals surface area contributed by atoms with E-state index >= 15 is 0 Å². The van der Waals surface area contributed by atoms with Crippen LogP contribution in [0.5, 0.6) is 0 Å². The number of nitro benzene ring substituents is 1. The zero-order valence-corrected chi connectivity index (χ0v) is 10.00. The van der Waals surface area contributed by atoms with Crippen molar-refractivity contribution in [1.82, 2.24) is 4.90 Å². The van der Waals surface area contributed by atoms with Gasteiger partial charge >= 0.3 is 0 Å². The standard InChI is InChI=1S/C11H14N4O3/c1-13-4-5-14(7-11(13)16)10-3-2-8(15(17)18)6-9(10)12/h2-3,6H,4-5,7,12H2,1H3.